The zero-order valence-electron chi connectivity index (χ0n) is 11.4. The van der Waals surface area contributed by atoms with Gasteiger partial charge in [0.05, 0.1) is 20.3 Å². The van der Waals surface area contributed by atoms with Crippen LogP contribution in [0, 0.1) is 5.92 Å². The Hall–Kier alpha value is -1.35. The number of Topliss-reactive ketones (excluding diaryl/α,β-unsaturated/α-hetero) is 1. The van der Waals surface area contributed by atoms with Gasteiger partial charge >= 0.3 is 0 Å². The molecule has 0 radical (unpaired) electrons. The van der Waals surface area contributed by atoms with Crippen molar-refractivity contribution in [3.05, 3.63) is 29.8 Å². The Labute approximate surface area is 113 Å². The molecule has 0 atom stereocenters. The molecule has 1 saturated carbocycles. The normalized spacial score (nSPS) is 22.9. The van der Waals surface area contributed by atoms with E-state index in [1.54, 1.807) is 7.11 Å². The van der Waals surface area contributed by atoms with Crippen LogP contribution in [0.5, 0.6) is 5.75 Å². The van der Waals surface area contributed by atoms with E-state index in [2.05, 4.69) is 12.1 Å². The molecule has 3 heteroatoms. The molecule has 0 unspecified atom stereocenters. The Kier molecular flexibility index (Phi) is 3.31. The largest absolute Gasteiger partial charge is 0.497 e. The molecule has 3 nitrogen and oxygen atoms in total. The van der Waals surface area contributed by atoms with E-state index in [4.69, 9.17) is 9.47 Å². The van der Waals surface area contributed by atoms with Crippen LogP contribution in [0.15, 0.2) is 24.3 Å². The second-order valence-corrected chi connectivity index (χ2v) is 5.69. The molecule has 2 aliphatic rings. The number of ether oxygens (including phenoxy) is 2. The molecule has 2 fully saturated rings. The van der Waals surface area contributed by atoms with Crippen LogP contribution in [-0.2, 0) is 14.9 Å². The van der Waals surface area contributed by atoms with Crippen LogP contribution >= 0.6 is 0 Å². The SMILES string of the molecule is COc1cccc(C2(C3CCC(=O)CC3)COC2)c1. The summed E-state index contributed by atoms with van der Waals surface area (Å²) in [6.07, 6.45) is 3.46. The third-order valence-electron chi connectivity index (χ3n) is 4.69. The number of methoxy groups -OCH3 is 1. The lowest BCUT2D eigenvalue weighted by molar-refractivity contribution is -0.127. The van der Waals surface area contributed by atoms with Crippen molar-refractivity contribution in [2.24, 2.45) is 5.92 Å². The van der Waals surface area contributed by atoms with E-state index in [9.17, 15) is 4.79 Å². The molecule has 19 heavy (non-hydrogen) atoms. The highest BCUT2D eigenvalue weighted by Crippen LogP contribution is 2.46. The molecular formula is C16H20O3. The van der Waals surface area contributed by atoms with Crippen molar-refractivity contribution in [1.29, 1.82) is 0 Å². The maximum atomic E-state index is 11.4. The molecule has 0 amide bonds. The fraction of sp³-hybridized carbons (Fsp3) is 0.562. The Balaban J connectivity index is 1.87. The fourth-order valence-electron chi connectivity index (χ4n) is 3.39. The average Bonchev–Trinajstić information content (AvgIpc) is 2.40. The minimum atomic E-state index is 0.106. The van der Waals surface area contributed by atoms with Gasteiger partial charge in [0, 0.05) is 18.3 Å². The molecule has 0 bridgehead atoms. The van der Waals surface area contributed by atoms with Crippen molar-refractivity contribution in [3.8, 4) is 5.75 Å². The first-order valence-corrected chi connectivity index (χ1v) is 6.98. The Morgan fingerprint density at radius 1 is 1.26 bits per heavy atom. The summed E-state index contributed by atoms with van der Waals surface area (Å²) in [4.78, 5) is 11.4. The number of ketones is 1. The summed E-state index contributed by atoms with van der Waals surface area (Å²) >= 11 is 0. The highest BCUT2D eigenvalue weighted by atomic mass is 16.5. The summed E-state index contributed by atoms with van der Waals surface area (Å²) in [7, 11) is 1.70. The van der Waals surface area contributed by atoms with Crippen LogP contribution in [0.2, 0.25) is 0 Å². The van der Waals surface area contributed by atoms with Gasteiger partial charge in [-0.3, -0.25) is 4.79 Å². The van der Waals surface area contributed by atoms with E-state index in [-0.39, 0.29) is 5.41 Å². The number of rotatable bonds is 3. The van der Waals surface area contributed by atoms with Gasteiger partial charge in [0.15, 0.2) is 0 Å². The van der Waals surface area contributed by atoms with Crippen LogP contribution in [0.1, 0.15) is 31.2 Å². The van der Waals surface area contributed by atoms with E-state index in [0.29, 0.717) is 11.7 Å². The van der Waals surface area contributed by atoms with Gasteiger partial charge in [-0.05, 0) is 36.5 Å². The summed E-state index contributed by atoms with van der Waals surface area (Å²) in [5.74, 6) is 1.87. The fourth-order valence-corrected chi connectivity index (χ4v) is 3.39. The highest BCUT2D eigenvalue weighted by molar-refractivity contribution is 5.79. The maximum absolute atomic E-state index is 11.4. The lowest BCUT2D eigenvalue weighted by Crippen LogP contribution is -2.53. The average molecular weight is 260 g/mol. The van der Waals surface area contributed by atoms with Crippen LogP contribution in [0.25, 0.3) is 0 Å². The van der Waals surface area contributed by atoms with Gasteiger partial charge in [0.2, 0.25) is 0 Å². The monoisotopic (exact) mass is 260 g/mol. The summed E-state index contributed by atoms with van der Waals surface area (Å²) in [6.45, 7) is 1.55. The summed E-state index contributed by atoms with van der Waals surface area (Å²) in [5.41, 5.74) is 1.41. The molecule has 0 N–H and O–H groups in total. The smallest absolute Gasteiger partial charge is 0.132 e. The number of carbonyl (C=O) groups excluding carboxylic acids is 1. The van der Waals surface area contributed by atoms with Gasteiger partial charge in [-0.15, -0.1) is 0 Å². The topological polar surface area (TPSA) is 35.5 Å². The van der Waals surface area contributed by atoms with E-state index in [1.807, 2.05) is 12.1 Å². The van der Waals surface area contributed by atoms with E-state index in [0.717, 1.165) is 44.6 Å². The van der Waals surface area contributed by atoms with Crippen LogP contribution < -0.4 is 4.74 Å². The van der Waals surface area contributed by atoms with E-state index in [1.165, 1.54) is 5.56 Å². The zero-order valence-corrected chi connectivity index (χ0v) is 11.4. The number of hydrogen-bond donors (Lipinski definition) is 0. The summed E-state index contributed by atoms with van der Waals surface area (Å²) in [5, 5.41) is 0. The second-order valence-electron chi connectivity index (χ2n) is 5.69. The van der Waals surface area contributed by atoms with E-state index < -0.39 is 0 Å². The van der Waals surface area contributed by atoms with Gasteiger partial charge in [-0.25, -0.2) is 0 Å². The first kappa shape index (κ1) is 12.7. The molecular weight excluding hydrogens is 240 g/mol. The zero-order chi connectivity index (χ0) is 13.3. The lowest BCUT2D eigenvalue weighted by atomic mass is 9.63. The van der Waals surface area contributed by atoms with Crippen LogP contribution in [0.3, 0.4) is 0 Å². The van der Waals surface area contributed by atoms with E-state index >= 15 is 0 Å². The third-order valence-corrected chi connectivity index (χ3v) is 4.69. The summed E-state index contributed by atoms with van der Waals surface area (Å²) in [6, 6.07) is 8.31. The summed E-state index contributed by atoms with van der Waals surface area (Å²) < 4.78 is 10.8. The van der Waals surface area contributed by atoms with Crippen molar-refractivity contribution in [3.63, 3.8) is 0 Å². The molecule has 0 spiro atoms. The molecule has 1 aromatic rings. The Morgan fingerprint density at radius 3 is 2.58 bits per heavy atom. The van der Waals surface area contributed by atoms with Crippen LogP contribution in [-0.4, -0.2) is 26.1 Å². The molecule has 1 aromatic carbocycles. The molecule has 3 rings (SSSR count). The molecule has 1 aliphatic heterocycles. The standard InChI is InChI=1S/C16H20O3/c1-18-15-4-2-3-13(9-15)16(10-19-11-16)12-5-7-14(17)8-6-12/h2-4,9,12H,5-8,10-11H2,1H3. The minimum absolute atomic E-state index is 0.106. The maximum Gasteiger partial charge on any atom is 0.132 e. The molecule has 0 aromatic heterocycles. The number of carbonyl (C=O) groups is 1. The molecule has 1 aliphatic carbocycles. The van der Waals surface area contributed by atoms with Gasteiger partial charge in [0.1, 0.15) is 11.5 Å². The lowest BCUT2D eigenvalue weighted by Gasteiger charge is -2.49. The number of benzene rings is 1. The van der Waals surface area contributed by atoms with Gasteiger partial charge < -0.3 is 9.47 Å². The quantitative estimate of drug-likeness (QED) is 0.838. The Bertz CT molecular complexity index is 467. The third kappa shape index (κ3) is 2.16. The van der Waals surface area contributed by atoms with Crippen LogP contribution in [0.4, 0.5) is 0 Å². The molecule has 1 saturated heterocycles. The predicted molar refractivity (Wildman–Crippen MR) is 72.5 cm³/mol. The van der Waals surface area contributed by atoms with Gasteiger partial charge in [-0.2, -0.15) is 0 Å². The van der Waals surface area contributed by atoms with Crippen molar-refractivity contribution in [2.45, 2.75) is 31.1 Å². The first-order chi connectivity index (χ1) is 9.24. The van der Waals surface area contributed by atoms with Crippen molar-refractivity contribution in [1.82, 2.24) is 0 Å². The van der Waals surface area contributed by atoms with Crippen molar-refractivity contribution in [2.75, 3.05) is 20.3 Å². The second kappa shape index (κ2) is 4.97. The molecule has 1 heterocycles. The van der Waals surface area contributed by atoms with Crippen molar-refractivity contribution >= 4 is 5.78 Å². The predicted octanol–water partition coefficient (Wildman–Crippen LogP) is 2.72. The van der Waals surface area contributed by atoms with Crippen molar-refractivity contribution < 1.29 is 14.3 Å². The highest BCUT2D eigenvalue weighted by Gasteiger charge is 2.47. The van der Waals surface area contributed by atoms with Gasteiger partial charge in [0.25, 0.3) is 0 Å². The Morgan fingerprint density at radius 2 is 2.00 bits per heavy atom. The first-order valence-electron chi connectivity index (χ1n) is 6.98. The molecule has 102 valence electrons. The number of hydrogen-bond acceptors (Lipinski definition) is 3. The van der Waals surface area contributed by atoms with Gasteiger partial charge in [-0.1, -0.05) is 12.1 Å². The minimum Gasteiger partial charge on any atom is -0.497 e.